The maximum Gasteiger partial charge on any atom is 0.303 e. The molecule has 3 fully saturated rings. The van der Waals surface area contributed by atoms with E-state index >= 15 is 0 Å². The first-order valence-electron chi connectivity index (χ1n) is 14.0. The highest BCUT2D eigenvalue weighted by atomic mass is 35.5. The van der Waals surface area contributed by atoms with E-state index in [1.165, 1.54) is 24.3 Å². The Balaban J connectivity index is 1.47. The van der Waals surface area contributed by atoms with E-state index in [1.54, 1.807) is 13.0 Å². The molecule has 12 heteroatoms. The quantitative estimate of drug-likeness (QED) is 0.365. The summed E-state index contributed by atoms with van der Waals surface area (Å²) in [4.78, 5) is 68.4. The van der Waals surface area contributed by atoms with Gasteiger partial charge in [-0.3, -0.25) is 28.9 Å². The van der Waals surface area contributed by atoms with Gasteiger partial charge in [0.15, 0.2) is 11.6 Å². The van der Waals surface area contributed by atoms with Crippen molar-refractivity contribution in [1.29, 1.82) is 0 Å². The lowest BCUT2D eigenvalue weighted by atomic mass is 9.51. The average molecular weight is 613 g/mol. The fourth-order valence-corrected chi connectivity index (χ4v) is 7.84. The number of aromatic hydroxyl groups is 1. The minimum Gasteiger partial charge on any atom is -0.505 e. The fourth-order valence-electron chi connectivity index (χ4n) is 7.67. The summed E-state index contributed by atoms with van der Waals surface area (Å²) >= 11 is 5.98. The molecule has 1 saturated carbocycles. The number of anilines is 1. The molecule has 2 aromatic carbocycles. The maximum atomic E-state index is 14.8. The number of hydrogen-bond acceptors (Lipinski definition) is 6. The van der Waals surface area contributed by atoms with Crippen LogP contribution in [-0.2, 0) is 24.0 Å². The van der Waals surface area contributed by atoms with Crippen molar-refractivity contribution in [3.8, 4) is 5.75 Å². The zero-order chi connectivity index (χ0) is 31.0. The largest absolute Gasteiger partial charge is 0.505 e. The number of rotatable bonds is 6. The molecular weight excluding hydrogens is 586 g/mol. The van der Waals surface area contributed by atoms with Gasteiger partial charge in [0.1, 0.15) is 5.82 Å². The Morgan fingerprint density at radius 2 is 1.79 bits per heavy atom. The minimum absolute atomic E-state index is 0.0219. The molecule has 9 nitrogen and oxygen atoms in total. The predicted molar refractivity (Wildman–Crippen MR) is 148 cm³/mol. The van der Waals surface area contributed by atoms with E-state index in [4.69, 9.17) is 16.7 Å². The number of likely N-dealkylation sites (tertiary alicyclic amines) is 1. The van der Waals surface area contributed by atoms with Gasteiger partial charge < -0.3 is 10.2 Å². The SMILES string of the molecule is CC12C(=O)N(c3ccc(F)c(Cl)c3)C(=O)C1CC1C(=CCC3C(=O)N(CCCC(=O)O)C(=O)C31)C2c1cccc(F)c1O. The minimum atomic E-state index is -1.54. The number of hydrogen-bond donors (Lipinski definition) is 2. The highest BCUT2D eigenvalue weighted by Crippen LogP contribution is 2.64. The highest BCUT2D eigenvalue weighted by Gasteiger charge is 2.68. The normalized spacial score (nSPS) is 29.9. The molecule has 0 radical (unpaired) electrons. The van der Waals surface area contributed by atoms with Crippen molar-refractivity contribution in [3.63, 3.8) is 0 Å². The highest BCUT2D eigenvalue weighted by molar-refractivity contribution is 6.31. The number of fused-ring (bicyclic) bond motifs is 4. The maximum absolute atomic E-state index is 14.8. The van der Waals surface area contributed by atoms with Gasteiger partial charge in [-0.25, -0.2) is 13.7 Å². The van der Waals surface area contributed by atoms with Crippen molar-refractivity contribution in [2.75, 3.05) is 11.4 Å². The van der Waals surface area contributed by atoms with Gasteiger partial charge in [-0.05, 0) is 56.4 Å². The molecule has 4 aliphatic rings. The van der Waals surface area contributed by atoms with E-state index in [1.807, 2.05) is 0 Å². The summed E-state index contributed by atoms with van der Waals surface area (Å²) in [6.45, 7) is 1.51. The zero-order valence-corrected chi connectivity index (χ0v) is 23.7. The number of imide groups is 2. The number of phenols is 1. The second-order valence-corrected chi connectivity index (χ2v) is 12.2. The molecular formula is C31H27ClF2N2O7. The number of carbonyl (C=O) groups is 5. The molecule has 0 aromatic heterocycles. The number of carbonyl (C=O) groups excluding carboxylic acids is 4. The molecule has 6 atom stereocenters. The van der Waals surface area contributed by atoms with E-state index in [-0.39, 0.29) is 48.5 Å². The van der Waals surface area contributed by atoms with Gasteiger partial charge in [-0.1, -0.05) is 35.4 Å². The Labute approximate surface area is 249 Å². The van der Waals surface area contributed by atoms with Crippen LogP contribution in [0.15, 0.2) is 48.0 Å². The van der Waals surface area contributed by atoms with Crippen LogP contribution in [0.3, 0.4) is 0 Å². The molecule has 0 bridgehead atoms. The van der Waals surface area contributed by atoms with Crippen LogP contribution in [0.5, 0.6) is 5.75 Å². The first kappa shape index (κ1) is 29.0. The summed E-state index contributed by atoms with van der Waals surface area (Å²) in [5.74, 6) is -9.98. The number of phenolic OH excluding ortho intramolecular Hbond substituents is 1. The Morgan fingerprint density at radius 1 is 1.05 bits per heavy atom. The lowest BCUT2D eigenvalue weighted by molar-refractivity contribution is -0.142. The number of halogens is 3. The first-order chi connectivity index (χ1) is 20.4. The summed E-state index contributed by atoms with van der Waals surface area (Å²) in [6.07, 6.45) is 1.78. The number of allylic oxidation sites excluding steroid dienone is 2. The van der Waals surface area contributed by atoms with Crippen LogP contribution in [0.1, 0.15) is 44.1 Å². The van der Waals surface area contributed by atoms with Gasteiger partial charge in [0.05, 0.1) is 33.9 Å². The molecule has 2 N–H and O–H groups in total. The van der Waals surface area contributed by atoms with E-state index in [9.17, 15) is 37.9 Å². The number of nitrogens with zero attached hydrogens (tertiary/aromatic N) is 2. The zero-order valence-electron chi connectivity index (χ0n) is 22.9. The number of carboxylic acid groups (broad SMARTS) is 1. The van der Waals surface area contributed by atoms with Crippen molar-refractivity contribution < 1.29 is 43.0 Å². The van der Waals surface area contributed by atoms with Gasteiger partial charge >= 0.3 is 5.97 Å². The molecule has 2 aliphatic carbocycles. The topological polar surface area (TPSA) is 132 Å². The van der Waals surface area contributed by atoms with E-state index in [0.717, 1.165) is 21.9 Å². The molecule has 6 rings (SSSR count). The van der Waals surface area contributed by atoms with Crippen LogP contribution in [-0.4, -0.2) is 51.3 Å². The van der Waals surface area contributed by atoms with Crippen LogP contribution in [0.25, 0.3) is 0 Å². The van der Waals surface area contributed by atoms with E-state index in [2.05, 4.69) is 0 Å². The Bertz CT molecular complexity index is 1640. The molecule has 2 saturated heterocycles. The van der Waals surface area contributed by atoms with Gasteiger partial charge in [0, 0.05) is 24.4 Å². The number of aliphatic carboxylic acids is 1. The van der Waals surface area contributed by atoms with Gasteiger partial charge in [0.2, 0.25) is 23.6 Å². The monoisotopic (exact) mass is 612 g/mol. The molecule has 2 aliphatic heterocycles. The Kier molecular flexibility index (Phi) is 6.91. The molecule has 0 spiro atoms. The van der Waals surface area contributed by atoms with Crippen molar-refractivity contribution in [2.24, 2.45) is 29.1 Å². The van der Waals surface area contributed by atoms with Crippen molar-refractivity contribution in [3.05, 3.63) is 70.3 Å². The Morgan fingerprint density at radius 3 is 2.49 bits per heavy atom. The van der Waals surface area contributed by atoms with Crippen LogP contribution in [0.4, 0.5) is 14.5 Å². The van der Waals surface area contributed by atoms with Gasteiger partial charge in [-0.15, -0.1) is 0 Å². The van der Waals surface area contributed by atoms with Crippen molar-refractivity contribution >= 4 is 46.9 Å². The summed E-state index contributed by atoms with van der Waals surface area (Å²) < 4.78 is 28.7. The molecule has 2 aromatic rings. The third-order valence-electron chi connectivity index (χ3n) is 9.63. The summed E-state index contributed by atoms with van der Waals surface area (Å²) in [5.41, 5.74) is -0.872. The standard InChI is InChI=1S/C31H27ClF2N2O7/c1-31-19(28(41)36(30(31)43)14-7-10-21(33)20(32)12-14)13-18-15(25(31)17-4-2-5-22(34)26(17)39)8-9-16-24(18)29(42)35(27(16)40)11-3-6-23(37)38/h2,4-5,7-8,10,12,16,18-19,24-25,39H,3,6,9,11,13H2,1H3,(H,37,38). The smallest absolute Gasteiger partial charge is 0.303 e. The number of para-hydroxylation sites is 1. The van der Waals surface area contributed by atoms with Crippen LogP contribution >= 0.6 is 11.6 Å². The summed E-state index contributed by atoms with van der Waals surface area (Å²) in [5, 5.41) is 19.6. The predicted octanol–water partition coefficient (Wildman–Crippen LogP) is 4.42. The summed E-state index contributed by atoms with van der Waals surface area (Å²) in [6, 6.07) is 7.36. The number of benzene rings is 2. The third-order valence-corrected chi connectivity index (χ3v) is 9.92. The Hall–Kier alpha value is -4.12. The van der Waals surface area contributed by atoms with Crippen LogP contribution in [0, 0.1) is 40.7 Å². The summed E-state index contributed by atoms with van der Waals surface area (Å²) in [7, 11) is 0. The lowest BCUT2D eigenvalue weighted by Gasteiger charge is -2.49. The average Bonchev–Trinajstić information content (AvgIpc) is 3.31. The van der Waals surface area contributed by atoms with Gasteiger partial charge in [-0.2, -0.15) is 0 Å². The lowest BCUT2D eigenvalue weighted by Crippen LogP contribution is -2.49. The fraction of sp³-hybridized carbons (Fsp3) is 0.387. The molecule has 6 unspecified atom stereocenters. The van der Waals surface area contributed by atoms with Gasteiger partial charge in [0.25, 0.3) is 0 Å². The van der Waals surface area contributed by atoms with Crippen LogP contribution in [0.2, 0.25) is 5.02 Å². The second kappa shape index (κ2) is 10.3. The van der Waals surface area contributed by atoms with Crippen molar-refractivity contribution in [1.82, 2.24) is 4.90 Å². The first-order valence-corrected chi connectivity index (χ1v) is 14.3. The van der Waals surface area contributed by atoms with E-state index < -0.39 is 82.0 Å². The number of amides is 4. The molecule has 2 heterocycles. The second-order valence-electron chi connectivity index (χ2n) is 11.8. The number of carboxylic acids is 1. The van der Waals surface area contributed by atoms with Crippen molar-refractivity contribution in [2.45, 2.75) is 38.5 Å². The van der Waals surface area contributed by atoms with E-state index in [0.29, 0.717) is 5.57 Å². The molecule has 224 valence electrons. The molecule has 4 amide bonds. The third kappa shape index (κ3) is 4.19. The molecule has 43 heavy (non-hydrogen) atoms. The van der Waals surface area contributed by atoms with Crippen LogP contribution < -0.4 is 4.90 Å².